The van der Waals surface area contributed by atoms with Crippen LogP contribution in [0.4, 0.5) is 11.6 Å². The molecule has 180 valence electrons. The highest BCUT2D eigenvalue weighted by molar-refractivity contribution is 7.71. The fourth-order valence-corrected chi connectivity index (χ4v) is 4.48. The summed E-state index contributed by atoms with van der Waals surface area (Å²) in [5, 5.41) is 3.19. The molecule has 5 rings (SSSR count). The normalized spacial score (nSPS) is 14.5. The van der Waals surface area contributed by atoms with Gasteiger partial charge in [-0.05, 0) is 54.5 Å². The van der Waals surface area contributed by atoms with Crippen LogP contribution >= 0.6 is 12.2 Å². The molecule has 4 aromatic rings. The Bertz CT molecular complexity index is 1500. The average Bonchev–Trinajstić information content (AvgIpc) is 2.87. The van der Waals surface area contributed by atoms with Crippen LogP contribution in [0.1, 0.15) is 29.5 Å². The molecule has 1 aliphatic rings. The number of hydrogen-bond acceptors (Lipinski definition) is 7. The number of rotatable bonds is 6. The molecule has 4 N–H and O–H groups in total. The minimum absolute atomic E-state index is 0.151. The van der Waals surface area contributed by atoms with Gasteiger partial charge < -0.3 is 25.5 Å². The Hall–Kier alpha value is -4.43. The van der Waals surface area contributed by atoms with Gasteiger partial charge in [-0.2, -0.15) is 0 Å². The quantitative estimate of drug-likeness (QED) is 0.219. The van der Waals surface area contributed by atoms with Gasteiger partial charge in [-0.25, -0.2) is 9.78 Å². The molecule has 1 unspecified atom stereocenters. The van der Waals surface area contributed by atoms with Crippen molar-refractivity contribution in [3.8, 4) is 11.5 Å². The van der Waals surface area contributed by atoms with Gasteiger partial charge in [0.05, 0.1) is 11.5 Å². The molecule has 1 aromatic heterocycles. The summed E-state index contributed by atoms with van der Waals surface area (Å²) < 4.78 is 12.0. The number of nitrogens with zero attached hydrogens (tertiary/aromatic N) is 1. The van der Waals surface area contributed by atoms with E-state index in [9.17, 15) is 4.79 Å². The zero-order valence-electron chi connectivity index (χ0n) is 19.5. The first-order chi connectivity index (χ1) is 17.5. The average molecular weight is 497 g/mol. The lowest BCUT2D eigenvalue weighted by molar-refractivity contribution is -0.140. The van der Waals surface area contributed by atoms with Crippen LogP contribution in [0.15, 0.2) is 96.2 Å². The van der Waals surface area contributed by atoms with Gasteiger partial charge in [0.1, 0.15) is 29.7 Å². The number of carbonyl (C=O) groups is 1. The SMILES string of the molecule is CC1=C(C(=O)OCc2ccccc2)C(c2cccc(Oc3ccccc3)c2)c2c(nc(=S)[nH]c2N)N1. The zero-order valence-corrected chi connectivity index (χ0v) is 20.3. The summed E-state index contributed by atoms with van der Waals surface area (Å²) in [7, 11) is 0. The smallest absolute Gasteiger partial charge is 0.337 e. The molecule has 0 bridgehead atoms. The van der Waals surface area contributed by atoms with E-state index in [0.29, 0.717) is 40.0 Å². The van der Waals surface area contributed by atoms with Crippen molar-refractivity contribution in [2.75, 3.05) is 11.1 Å². The molecule has 0 spiro atoms. The van der Waals surface area contributed by atoms with Crippen molar-refractivity contribution in [2.45, 2.75) is 19.4 Å². The van der Waals surface area contributed by atoms with Gasteiger partial charge in [0, 0.05) is 11.3 Å². The maximum atomic E-state index is 13.5. The highest BCUT2D eigenvalue weighted by atomic mass is 32.1. The Kier molecular flexibility index (Phi) is 6.51. The summed E-state index contributed by atoms with van der Waals surface area (Å²) in [5.74, 6) is 1.17. The van der Waals surface area contributed by atoms with Crippen LogP contribution in [0.2, 0.25) is 0 Å². The molecule has 36 heavy (non-hydrogen) atoms. The predicted molar refractivity (Wildman–Crippen MR) is 141 cm³/mol. The molecule has 1 atom stereocenters. The Labute approximate surface area is 213 Å². The van der Waals surface area contributed by atoms with Gasteiger partial charge in [-0.1, -0.05) is 60.7 Å². The number of nitrogens with one attached hydrogen (secondary N) is 2. The van der Waals surface area contributed by atoms with Gasteiger partial charge >= 0.3 is 5.97 Å². The lowest BCUT2D eigenvalue weighted by Gasteiger charge is -2.30. The molecule has 0 fully saturated rings. The molecule has 0 amide bonds. The first-order valence-electron chi connectivity index (χ1n) is 11.4. The van der Waals surface area contributed by atoms with Crippen molar-refractivity contribution >= 4 is 29.8 Å². The van der Waals surface area contributed by atoms with Crippen molar-refractivity contribution < 1.29 is 14.3 Å². The van der Waals surface area contributed by atoms with Crippen molar-refractivity contribution in [1.82, 2.24) is 9.97 Å². The summed E-state index contributed by atoms with van der Waals surface area (Å²) in [6.07, 6.45) is 0. The second-order valence-corrected chi connectivity index (χ2v) is 8.75. The van der Waals surface area contributed by atoms with E-state index in [1.807, 2.05) is 91.9 Å². The maximum Gasteiger partial charge on any atom is 0.337 e. The largest absolute Gasteiger partial charge is 0.457 e. The van der Waals surface area contributed by atoms with E-state index >= 15 is 0 Å². The van der Waals surface area contributed by atoms with Crippen LogP contribution in [0.25, 0.3) is 0 Å². The van der Waals surface area contributed by atoms with E-state index in [1.54, 1.807) is 0 Å². The van der Waals surface area contributed by atoms with Gasteiger partial charge in [0.25, 0.3) is 0 Å². The highest BCUT2D eigenvalue weighted by Crippen LogP contribution is 2.44. The van der Waals surface area contributed by atoms with Crippen LogP contribution in [0.5, 0.6) is 11.5 Å². The van der Waals surface area contributed by atoms with Crippen LogP contribution in [-0.2, 0) is 16.1 Å². The molecule has 0 aliphatic carbocycles. The van der Waals surface area contributed by atoms with E-state index in [4.69, 9.17) is 27.4 Å². The number of nitrogen functional groups attached to an aromatic ring is 1. The molecule has 3 aromatic carbocycles. The van der Waals surface area contributed by atoms with E-state index in [1.165, 1.54) is 0 Å². The summed E-state index contributed by atoms with van der Waals surface area (Å²) in [5.41, 5.74) is 9.77. The minimum Gasteiger partial charge on any atom is -0.457 e. The third-order valence-corrected chi connectivity index (χ3v) is 6.08. The van der Waals surface area contributed by atoms with Crippen LogP contribution in [-0.4, -0.2) is 15.9 Å². The number of ether oxygens (including phenoxy) is 2. The molecular weight excluding hydrogens is 472 g/mol. The molecule has 0 saturated carbocycles. The number of nitrogens with two attached hydrogens (primary N) is 1. The van der Waals surface area contributed by atoms with Crippen molar-refractivity contribution in [1.29, 1.82) is 0 Å². The number of para-hydroxylation sites is 1. The number of carbonyl (C=O) groups excluding carboxylic acids is 1. The van der Waals surface area contributed by atoms with Gasteiger partial charge in [-0.15, -0.1) is 0 Å². The lowest BCUT2D eigenvalue weighted by Crippen LogP contribution is -2.26. The molecule has 0 radical (unpaired) electrons. The number of allylic oxidation sites excluding steroid dienone is 1. The minimum atomic E-state index is -0.553. The number of esters is 1. The van der Waals surface area contributed by atoms with Crippen LogP contribution in [0, 0.1) is 4.77 Å². The fraction of sp³-hybridized carbons (Fsp3) is 0.107. The number of anilines is 2. The molecule has 8 heteroatoms. The van der Waals surface area contributed by atoms with E-state index in [0.717, 1.165) is 11.1 Å². The number of H-pyrrole nitrogens is 1. The Morgan fingerprint density at radius 2 is 1.69 bits per heavy atom. The monoisotopic (exact) mass is 496 g/mol. The first kappa shape index (κ1) is 23.3. The highest BCUT2D eigenvalue weighted by Gasteiger charge is 2.36. The molecule has 7 nitrogen and oxygen atoms in total. The standard InChI is InChI=1S/C28H24N4O3S/c1-17-22(27(33)34-16-18-9-4-2-5-10-18)23(24-25(29)31-28(36)32-26(24)30-17)19-11-8-14-21(15-19)35-20-12-6-3-7-13-20/h2-15,23H,16H2,1H3,(H4,29,30,31,32,36). The summed E-state index contributed by atoms with van der Waals surface area (Å²) >= 11 is 5.24. The topological polar surface area (TPSA) is 102 Å². The van der Waals surface area contributed by atoms with Crippen molar-refractivity contribution in [3.05, 3.63) is 118 Å². The molecule has 0 saturated heterocycles. The van der Waals surface area contributed by atoms with E-state index in [-0.39, 0.29) is 11.4 Å². The summed E-state index contributed by atoms with van der Waals surface area (Å²) in [4.78, 5) is 20.8. The summed E-state index contributed by atoms with van der Waals surface area (Å²) in [6, 6.07) is 26.6. The number of fused-ring (bicyclic) bond motifs is 1. The zero-order chi connectivity index (χ0) is 25.1. The second-order valence-electron chi connectivity index (χ2n) is 8.36. The lowest BCUT2D eigenvalue weighted by atomic mass is 9.82. The van der Waals surface area contributed by atoms with E-state index in [2.05, 4.69) is 15.3 Å². The Balaban J connectivity index is 1.56. The molecule has 1 aliphatic heterocycles. The maximum absolute atomic E-state index is 13.5. The predicted octanol–water partition coefficient (Wildman–Crippen LogP) is 6.09. The second kappa shape index (κ2) is 10.1. The van der Waals surface area contributed by atoms with Gasteiger partial charge in [0.2, 0.25) is 0 Å². The Morgan fingerprint density at radius 3 is 2.44 bits per heavy atom. The van der Waals surface area contributed by atoms with E-state index < -0.39 is 11.9 Å². The van der Waals surface area contributed by atoms with Crippen molar-refractivity contribution in [3.63, 3.8) is 0 Å². The number of benzene rings is 3. The van der Waals surface area contributed by atoms with Crippen LogP contribution in [0.3, 0.4) is 0 Å². The third kappa shape index (κ3) is 4.85. The molecule has 2 heterocycles. The van der Waals surface area contributed by atoms with Gasteiger partial charge in [-0.3, -0.25) is 0 Å². The summed E-state index contributed by atoms with van der Waals surface area (Å²) in [6.45, 7) is 1.97. The van der Waals surface area contributed by atoms with Gasteiger partial charge in [0.15, 0.2) is 4.77 Å². The Morgan fingerprint density at radius 1 is 1.00 bits per heavy atom. The fourth-order valence-electron chi connectivity index (χ4n) is 4.28. The molecular formula is C28H24N4O3S. The first-order valence-corrected chi connectivity index (χ1v) is 11.8. The van der Waals surface area contributed by atoms with Crippen LogP contribution < -0.4 is 15.8 Å². The number of aromatic amines is 1. The number of aromatic nitrogens is 2. The number of hydrogen-bond donors (Lipinski definition) is 3. The van der Waals surface area contributed by atoms with Crippen molar-refractivity contribution in [2.24, 2.45) is 0 Å². The third-order valence-electron chi connectivity index (χ3n) is 5.89.